The fourth-order valence-electron chi connectivity index (χ4n) is 3.32. The van der Waals surface area contributed by atoms with Crippen LogP contribution < -0.4 is 10.4 Å². The number of benzene rings is 1. The zero-order chi connectivity index (χ0) is 20.6. The fourth-order valence-corrected chi connectivity index (χ4v) is 3.32. The lowest BCUT2D eigenvalue weighted by Crippen LogP contribution is -2.46. The third-order valence-corrected chi connectivity index (χ3v) is 4.95. The van der Waals surface area contributed by atoms with E-state index in [0.29, 0.717) is 28.7 Å². The monoisotopic (exact) mass is 388 g/mol. The quantitative estimate of drug-likeness (QED) is 0.571. The molecular weight excluding hydrogens is 364 g/mol. The number of fused-ring (bicyclic) bond motifs is 3. The zero-order valence-electron chi connectivity index (χ0n) is 16.6. The van der Waals surface area contributed by atoms with Gasteiger partial charge in [0.25, 0.3) is 0 Å². The molecule has 7 nitrogen and oxygen atoms in total. The Morgan fingerprint density at radius 3 is 2.54 bits per heavy atom. The normalized spacial score (nSPS) is 19.6. The number of esters is 2. The SMILES string of the molecule is CC[C@H](C)C(=O)O[C@@H]1c2c(ccc3ccc(=O)oc23)O[C@@H]1C(C)(C)OC(C)=O. The Morgan fingerprint density at radius 2 is 1.89 bits per heavy atom. The van der Waals surface area contributed by atoms with Gasteiger partial charge in [0, 0.05) is 18.4 Å². The second-order valence-corrected chi connectivity index (χ2v) is 7.55. The van der Waals surface area contributed by atoms with Crippen molar-refractivity contribution in [3.63, 3.8) is 0 Å². The van der Waals surface area contributed by atoms with Crippen LogP contribution in [0.25, 0.3) is 11.0 Å². The molecule has 28 heavy (non-hydrogen) atoms. The van der Waals surface area contributed by atoms with Crippen molar-refractivity contribution < 1.29 is 28.2 Å². The van der Waals surface area contributed by atoms with Crippen LogP contribution in [-0.4, -0.2) is 23.6 Å². The van der Waals surface area contributed by atoms with Gasteiger partial charge in [0.15, 0.2) is 12.2 Å². The number of hydrogen-bond donors (Lipinski definition) is 0. The van der Waals surface area contributed by atoms with Crippen LogP contribution in [0.5, 0.6) is 5.75 Å². The van der Waals surface area contributed by atoms with E-state index in [1.807, 2.05) is 6.92 Å². The highest BCUT2D eigenvalue weighted by Gasteiger charge is 2.50. The Morgan fingerprint density at radius 1 is 1.21 bits per heavy atom. The van der Waals surface area contributed by atoms with Gasteiger partial charge in [-0.25, -0.2) is 4.79 Å². The summed E-state index contributed by atoms with van der Waals surface area (Å²) in [5.41, 5.74) is -0.840. The molecule has 1 aliphatic rings. The maximum absolute atomic E-state index is 12.6. The minimum absolute atomic E-state index is 0.299. The van der Waals surface area contributed by atoms with Gasteiger partial charge in [0.1, 0.15) is 16.9 Å². The number of ether oxygens (including phenoxy) is 3. The molecule has 0 amide bonds. The first-order valence-corrected chi connectivity index (χ1v) is 9.27. The second kappa shape index (κ2) is 7.30. The Balaban J connectivity index is 2.13. The van der Waals surface area contributed by atoms with Gasteiger partial charge < -0.3 is 18.6 Å². The van der Waals surface area contributed by atoms with E-state index in [-0.39, 0.29) is 5.92 Å². The predicted molar refractivity (Wildman–Crippen MR) is 101 cm³/mol. The number of carbonyl (C=O) groups is 2. The van der Waals surface area contributed by atoms with Gasteiger partial charge in [-0.2, -0.15) is 0 Å². The van der Waals surface area contributed by atoms with Gasteiger partial charge in [-0.15, -0.1) is 0 Å². The molecule has 1 aromatic heterocycles. The van der Waals surface area contributed by atoms with E-state index < -0.39 is 35.4 Å². The molecule has 3 rings (SSSR count). The molecule has 3 atom stereocenters. The minimum Gasteiger partial charge on any atom is -0.481 e. The first-order valence-electron chi connectivity index (χ1n) is 9.27. The van der Waals surface area contributed by atoms with Gasteiger partial charge >= 0.3 is 17.6 Å². The molecule has 0 N–H and O–H groups in total. The minimum atomic E-state index is -1.09. The van der Waals surface area contributed by atoms with E-state index in [9.17, 15) is 14.4 Å². The van der Waals surface area contributed by atoms with Crippen molar-refractivity contribution in [3.05, 3.63) is 40.2 Å². The van der Waals surface area contributed by atoms with E-state index >= 15 is 0 Å². The Labute approximate surface area is 162 Å². The summed E-state index contributed by atoms with van der Waals surface area (Å²) in [6.07, 6.45) is -1.07. The highest BCUT2D eigenvalue weighted by molar-refractivity contribution is 5.84. The highest BCUT2D eigenvalue weighted by atomic mass is 16.6. The molecule has 0 fully saturated rings. The smallest absolute Gasteiger partial charge is 0.336 e. The lowest BCUT2D eigenvalue weighted by Gasteiger charge is -2.33. The molecule has 0 aliphatic carbocycles. The molecule has 150 valence electrons. The van der Waals surface area contributed by atoms with Gasteiger partial charge in [0.05, 0.1) is 11.5 Å². The molecule has 2 heterocycles. The van der Waals surface area contributed by atoms with Crippen molar-refractivity contribution in [2.75, 3.05) is 0 Å². The summed E-state index contributed by atoms with van der Waals surface area (Å²) in [6, 6.07) is 6.45. The first-order chi connectivity index (χ1) is 13.1. The number of carbonyl (C=O) groups excluding carboxylic acids is 2. The second-order valence-electron chi connectivity index (χ2n) is 7.55. The Hall–Kier alpha value is -2.83. The Bertz CT molecular complexity index is 972. The lowest BCUT2D eigenvalue weighted by molar-refractivity contribution is -0.177. The molecule has 0 spiro atoms. The van der Waals surface area contributed by atoms with E-state index in [1.165, 1.54) is 13.0 Å². The summed E-state index contributed by atoms with van der Waals surface area (Å²) < 4.78 is 22.7. The van der Waals surface area contributed by atoms with Crippen LogP contribution in [0, 0.1) is 5.92 Å². The van der Waals surface area contributed by atoms with Crippen molar-refractivity contribution in [2.24, 2.45) is 5.92 Å². The highest BCUT2D eigenvalue weighted by Crippen LogP contribution is 2.47. The molecule has 1 aliphatic heterocycles. The fraction of sp³-hybridized carbons (Fsp3) is 0.476. The zero-order valence-corrected chi connectivity index (χ0v) is 16.6. The molecule has 0 unspecified atom stereocenters. The van der Waals surface area contributed by atoms with Gasteiger partial charge in [-0.05, 0) is 38.5 Å². The van der Waals surface area contributed by atoms with Crippen LogP contribution in [-0.2, 0) is 19.1 Å². The topological polar surface area (TPSA) is 92.0 Å². The molecule has 1 aromatic carbocycles. The van der Waals surface area contributed by atoms with E-state index in [1.54, 1.807) is 39.0 Å². The molecule has 0 saturated heterocycles. The number of hydrogen-bond acceptors (Lipinski definition) is 7. The molecule has 0 bridgehead atoms. The maximum atomic E-state index is 12.6. The van der Waals surface area contributed by atoms with Crippen LogP contribution in [0.3, 0.4) is 0 Å². The third kappa shape index (κ3) is 3.61. The van der Waals surface area contributed by atoms with Crippen LogP contribution in [0.1, 0.15) is 52.7 Å². The summed E-state index contributed by atoms with van der Waals surface area (Å²) in [5.74, 6) is -0.770. The average Bonchev–Trinajstić information content (AvgIpc) is 2.99. The van der Waals surface area contributed by atoms with Crippen molar-refractivity contribution >= 4 is 22.9 Å². The standard InChI is InChI=1S/C21H24O7/c1-6-11(2)20(24)27-18-16-14(25-19(18)21(4,5)28-12(3)22)9-7-13-8-10-15(23)26-17(13)16/h7-11,18-19H,6H2,1-5H3/t11-,18+,19-/m0/s1. The van der Waals surface area contributed by atoms with E-state index in [2.05, 4.69) is 0 Å². The van der Waals surface area contributed by atoms with Crippen LogP contribution >= 0.6 is 0 Å². The van der Waals surface area contributed by atoms with Crippen molar-refractivity contribution in [3.8, 4) is 5.75 Å². The number of rotatable bonds is 5. The van der Waals surface area contributed by atoms with Crippen molar-refractivity contribution in [1.29, 1.82) is 0 Å². The van der Waals surface area contributed by atoms with Crippen LogP contribution in [0.2, 0.25) is 0 Å². The first kappa shape index (κ1) is 19.9. The third-order valence-electron chi connectivity index (χ3n) is 4.95. The van der Waals surface area contributed by atoms with Crippen molar-refractivity contribution in [2.45, 2.75) is 58.8 Å². The molecule has 7 heteroatoms. The summed E-state index contributed by atoms with van der Waals surface area (Å²) in [4.78, 5) is 35.9. The molecule has 0 saturated carbocycles. The Kier molecular flexibility index (Phi) is 5.19. The summed E-state index contributed by atoms with van der Waals surface area (Å²) in [7, 11) is 0. The van der Waals surface area contributed by atoms with Gasteiger partial charge in [0.2, 0.25) is 0 Å². The van der Waals surface area contributed by atoms with E-state index in [0.717, 1.165) is 0 Å². The van der Waals surface area contributed by atoms with Crippen LogP contribution in [0.4, 0.5) is 0 Å². The molecule has 0 radical (unpaired) electrons. The summed E-state index contributed by atoms with van der Waals surface area (Å²) in [6.45, 7) is 8.34. The van der Waals surface area contributed by atoms with Crippen molar-refractivity contribution in [1.82, 2.24) is 0 Å². The van der Waals surface area contributed by atoms with Crippen LogP contribution in [0.15, 0.2) is 33.5 Å². The van der Waals surface area contributed by atoms with Gasteiger partial charge in [-0.3, -0.25) is 9.59 Å². The van der Waals surface area contributed by atoms with Gasteiger partial charge in [-0.1, -0.05) is 13.8 Å². The summed E-state index contributed by atoms with van der Waals surface area (Å²) >= 11 is 0. The molecular formula is C21H24O7. The lowest BCUT2D eigenvalue weighted by atomic mass is 9.93. The maximum Gasteiger partial charge on any atom is 0.336 e. The predicted octanol–water partition coefficient (Wildman–Crippen LogP) is 3.53. The summed E-state index contributed by atoms with van der Waals surface area (Å²) in [5, 5.41) is 0.678. The molecule has 2 aromatic rings. The largest absolute Gasteiger partial charge is 0.481 e. The average molecular weight is 388 g/mol. The van der Waals surface area contributed by atoms with E-state index in [4.69, 9.17) is 18.6 Å².